The van der Waals surface area contributed by atoms with Gasteiger partial charge in [0.15, 0.2) is 5.78 Å². The highest BCUT2D eigenvalue weighted by molar-refractivity contribution is 5.97. The third-order valence-corrected chi connectivity index (χ3v) is 6.56. The van der Waals surface area contributed by atoms with Gasteiger partial charge < -0.3 is 0 Å². The average molecular weight is 377 g/mol. The normalized spacial score (nSPS) is 19.5. The minimum Gasteiger partial charge on any atom is -0.294 e. The Labute approximate surface area is 171 Å². The van der Waals surface area contributed by atoms with Crippen LogP contribution in [0, 0.1) is 5.92 Å². The Morgan fingerprint density at radius 3 is 2.07 bits per heavy atom. The van der Waals surface area contributed by atoms with Crippen molar-refractivity contribution in [2.24, 2.45) is 5.92 Å². The summed E-state index contributed by atoms with van der Waals surface area (Å²) >= 11 is 0. The number of aryl methyl sites for hydroxylation is 1. The van der Waals surface area contributed by atoms with Crippen LogP contribution in [0.1, 0.15) is 98.2 Å². The first-order valence-electron chi connectivity index (χ1n) is 11.4. The topological polar surface area (TPSA) is 17.1 Å². The molecule has 1 saturated carbocycles. The molecule has 1 fully saturated rings. The number of ketones is 1. The second kappa shape index (κ2) is 10.6. The fraction of sp³-hybridized carbons (Fsp3) is 0.519. The van der Waals surface area contributed by atoms with E-state index in [-0.39, 0.29) is 5.78 Å². The van der Waals surface area contributed by atoms with E-state index in [1.165, 1.54) is 62.5 Å². The number of hydrogen-bond donors (Lipinski definition) is 0. The quantitative estimate of drug-likeness (QED) is 0.326. The number of Topliss-reactive ketones (excluding diaryl/α,β-unsaturated/α-hetero) is 1. The summed E-state index contributed by atoms with van der Waals surface area (Å²) in [6.45, 7) is 4.44. The lowest BCUT2D eigenvalue weighted by atomic mass is 9.77. The summed E-state index contributed by atoms with van der Waals surface area (Å²) in [6, 6.07) is 16.9. The third-order valence-electron chi connectivity index (χ3n) is 6.56. The molecule has 2 aromatic rings. The van der Waals surface area contributed by atoms with Crippen LogP contribution in [0.25, 0.3) is 0 Å². The van der Waals surface area contributed by atoms with Gasteiger partial charge in [-0.05, 0) is 60.6 Å². The lowest BCUT2D eigenvalue weighted by Crippen LogP contribution is -2.13. The van der Waals surface area contributed by atoms with Crippen molar-refractivity contribution in [3.63, 3.8) is 0 Å². The highest BCUT2D eigenvalue weighted by Crippen LogP contribution is 2.37. The van der Waals surface area contributed by atoms with Crippen molar-refractivity contribution in [3.05, 3.63) is 70.8 Å². The molecule has 2 aromatic carbocycles. The van der Waals surface area contributed by atoms with Crippen molar-refractivity contribution < 1.29 is 4.79 Å². The monoisotopic (exact) mass is 376 g/mol. The molecule has 1 aliphatic carbocycles. The number of benzene rings is 2. The van der Waals surface area contributed by atoms with Gasteiger partial charge in [-0.2, -0.15) is 0 Å². The first-order valence-corrected chi connectivity index (χ1v) is 11.4. The van der Waals surface area contributed by atoms with Gasteiger partial charge in [0.05, 0.1) is 0 Å². The average Bonchev–Trinajstić information content (AvgIpc) is 2.75. The van der Waals surface area contributed by atoms with Crippen LogP contribution in [0.4, 0.5) is 0 Å². The van der Waals surface area contributed by atoms with Crippen LogP contribution >= 0.6 is 0 Å². The summed E-state index contributed by atoms with van der Waals surface area (Å²) in [6.07, 6.45) is 12.5. The van der Waals surface area contributed by atoms with Gasteiger partial charge in [0.1, 0.15) is 0 Å². The van der Waals surface area contributed by atoms with Crippen LogP contribution in [0.5, 0.6) is 0 Å². The van der Waals surface area contributed by atoms with Crippen molar-refractivity contribution in [3.8, 4) is 0 Å². The summed E-state index contributed by atoms with van der Waals surface area (Å²) in [4.78, 5) is 12.6. The summed E-state index contributed by atoms with van der Waals surface area (Å²) in [7, 11) is 0. The Morgan fingerprint density at radius 2 is 1.46 bits per heavy atom. The molecule has 1 heteroatoms. The number of rotatable bonds is 9. The van der Waals surface area contributed by atoms with E-state index in [1.54, 1.807) is 0 Å². The maximum absolute atomic E-state index is 12.6. The van der Waals surface area contributed by atoms with E-state index in [2.05, 4.69) is 50.2 Å². The number of hydrogen-bond acceptors (Lipinski definition) is 1. The molecule has 0 bridgehead atoms. The molecular formula is C27H36O. The predicted octanol–water partition coefficient (Wildman–Crippen LogP) is 7.53. The second-order valence-corrected chi connectivity index (χ2v) is 8.61. The Bertz CT molecular complexity index is 718. The zero-order valence-corrected chi connectivity index (χ0v) is 17.8. The first-order chi connectivity index (χ1) is 13.7. The van der Waals surface area contributed by atoms with Crippen molar-refractivity contribution in [2.75, 3.05) is 0 Å². The number of carbonyl (C=O) groups is 1. The van der Waals surface area contributed by atoms with E-state index >= 15 is 0 Å². The highest BCUT2D eigenvalue weighted by Gasteiger charge is 2.22. The predicted molar refractivity (Wildman–Crippen MR) is 119 cm³/mol. The molecule has 0 heterocycles. The van der Waals surface area contributed by atoms with Gasteiger partial charge >= 0.3 is 0 Å². The first kappa shape index (κ1) is 20.8. The Balaban J connectivity index is 1.51. The Morgan fingerprint density at radius 1 is 0.821 bits per heavy atom. The zero-order valence-electron chi connectivity index (χ0n) is 17.8. The molecular weight excluding hydrogens is 340 g/mol. The van der Waals surface area contributed by atoms with Crippen LogP contribution < -0.4 is 0 Å². The number of carbonyl (C=O) groups excluding carboxylic acids is 1. The summed E-state index contributed by atoms with van der Waals surface area (Å²) in [5.41, 5.74) is 4.70. The van der Waals surface area contributed by atoms with Crippen LogP contribution in [-0.4, -0.2) is 5.78 Å². The van der Waals surface area contributed by atoms with Crippen molar-refractivity contribution in [1.29, 1.82) is 0 Å². The lowest BCUT2D eigenvalue weighted by Gasteiger charge is -2.29. The molecule has 0 aromatic heterocycles. The van der Waals surface area contributed by atoms with Gasteiger partial charge in [0.2, 0.25) is 0 Å². The Kier molecular flexibility index (Phi) is 7.89. The van der Waals surface area contributed by atoms with E-state index in [4.69, 9.17) is 0 Å². The van der Waals surface area contributed by atoms with Gasteiger partial charge in [-0.1, -0.05) is 88.1 Å². The van der Waals surface area contributed by atoms with Crippen LogP contribution in [-0.2, 0) is 12.8 Å². The summed E-state index contributed by atoms with van der Waals surface area (Å²) < 4.78 is 0. The fourth-order valence-corrected chi connectivity index (χ4v) is 4.59. The van der Waals surface area contributed by atoms with Gasteiger partial charge in [-0.15, -0.1) is 0 Å². The minimum absolute atomic E-state index is 0.218. The molecule has 0 spiro atoms. The van der Waals surface area contributed by atoms with E-state index in [0.717, 1.165) is 23.5 Å². The fourth-order valence-electron chi connectivity index (χ4n) is 4.59. The van der Waals surface area contributed by atoms with Gasteiger partial charge in [0.25, 0.3) is 0 Å². The minimum atomic E-state index is 0.218. The highest BCUT2D eigenvalue weighted by atomic mass is 16.1. The number of unbranched alkanes of at least 4 members (excludes halogenated alkanes) is 2. The molecule has 1 aliphatic rings. The molecule has 0 N–H and O–H groups in total. The van der Waals surface area contributed by atoms with Crippen LogP contribution in [0.3, 0.4) is 0 Å². The smallest absolute Gasteiger partial charge is 0.167 e. The standard InChI is InChI=1S/C27H36O/c1-3-5-6-7-22-12-14-24(15-13-22)25-16-18-26(19-17-25)27(28)20-23-10-8-21(4-2)9-11-23/h8-11,16-19,22,24H,3-7,12-15,20H2,1-2H3/t22-,24-. The van der Waals surface area contributed by atoms with Crippen LogP contribution in [0.15, 0.2) is 48.5 Å². The molecule has 0 atom stereocenters. The molecule has 0 aliphatic heterocycles. The van der Waals surface area contributed by atoms with Gasteiger partial charge in [0, 0.05) is 12.0 Å². The van der Waals surface area contributed by atoms with Gasteiger partial charge in [-0.25, -0.2) is 0 Å². The van der Waals surface area contributed by atoms with E-state index in [9.17, 15) is 4.79 Å². The lowest BCUT2D eigenvalue weighted by molar-refractivity contribution is 0.0993. The molecule has 0 radical (unpaired) electrons. The largest absolute Gasteiger partial charge is 0.294 e. The maximum Gasteiger partial charge on any atom is 0.167 e. The van der Waals surface area contributed by atoms with Crippen molar-refractivity contribution in [2.45, 2.75) is 84.0 Å². The van der Waals surface area contributed by atoms with Gasteiger partial charge in [-0.3, -0.25) is 4.79 Å². The molecule has 0 saturated heterocycles. The van der Waals surface area contributed by atoms with E-state index < -0.39 is 0 Å². The SMILES string of the molecule is CCCCC[C@H]1CC[C@H](c2ccc(C(=O)Cc3ccc(CC)cc3)cc2)CC1. The van der Waals surface area contributed by atoms with Crippen molar-refractivity contribution in [1.82, 2.24) is 0 Å². The van der Waals surface area contributed by atoms with E-state index in [0.29, 0.717) is 12.3 Å². The molecule has 0 unspecified atom stereocenters. The third kappa shape index (κ3) is 5.80. The summed E-state index contributed by atoms with van der Waals surface area (Å²) in [5.74, 6) is 1.85. The Hall–Kier alpha value is -1.89. The molecule has 0 amide bonds. The molecule has 3 rings (SSSR count). The molecule has 1 nitrogen and oxygen atoms in total. The molecule has 28 heavy (non-hydrogen) atoms. The summed E-state index contributed by atoms with van der Waals surface area (Å²) in [5, 5.41) is 0. The zero-order chi connectivity index (χ0) is 19.8. The molecule has 150 valence electrons. The van der Waals surface area contributed by atoms with Crippen LogP contribution in [0.2, 0.25) is 0 Å². The maximum atomic E-state index is 12.6. The van der Waals surface area contributed by atoms with Crippen molar-refractivity contribution >= 4 is 5.78 Å². The van der Waals surface area contributed by atoms with E-state index in [1.807, 2.05) is 12.1 Å². The second-order valence-electron chi connectivity index (χ2n) is 8.61.